The van der Waals surface area contributed by atoms with E-state index in [1.165, 1.54) is 6.07 Å². The van der Waals surface area contributed by atoms with Crippen LogP contribution in [0.1, 0.15) is 12.0 Å². The van der Waals surface area contributed by atoms with Crippen molar-refractivity contribution >= 4 is 29.3 Å². The van der Waals surface area contributed by atoms with E-state index in [1.54, 1.807) is 12.2 Å². The van der Waals surface area contributed by atoms with Crippen LogP contribution in [0.3, 0.4) is 0 Å². The number of allylic oxidation sites excluding steroid dienone is 1. The molecule has 0 radical (unpaired) electrons. The van der Waals surface area contributed by atoms with E-state index in [2.05, 4.69) is 0 Å². The number of halogens is 3. The second-order valence-electron chi connectivity index (χ2n) is 2.71. The highest BCUT2D eigenvalue weighted by Gasteiger charge is 2.06. The number of phenols is 1. The van der Waals surface area contributed by atoms with Crippen molar-refractivity contribution in [2.75, 3.05) is 5.88 Å². The van der Waals surface area contributed by atoms with Gasteiger partial charge in [0.15, 0.2) is 11.6 Å². The summed E-state index contributed by atoms with van der Waals surface area (Å²) in [6, 6.07) is 2.56. The zero-order chi connectivity index (χ0) is 10.6. The van der Waals surface area contributed by atoms with Gasteiger partial charge in [-0.25, -0.2) is 4.39 Å². The van der Waals surface area contributed by atoms with Gasteiger partial charge < -0.3 is 5.11 Å². The van der Waals surface area contributed by atoms with E-state index in [0.29, 0.717) is 17.9 Å². The van der Waals surface area contributed by atoms with Gasteiger partial charge in [0.25, 0.3) is 0 Å². The normalized spacial score (nSPS) is 11.1. The molecule has 0 heterocycles. The predicted molar refractivity (Wildman–Crippen MR) is 57.4 cm³/mol. The third-order valence-corrected chi connectivity index (χ3v) is 2.07. The molecular formula is C10H9Cl2FO. The van der Waals surface area contributed by atoms with E-state index >= 15 is 0 Å². The lowest BCUT2D eigenvalue weighted by Crippen LogP contribution is -1.81. The van der Waals surface area contributed by atoms with Gasteiger partial charge in [0.05, 0.1) is 0 Å². The zero-order valence-electron chi connectivity index (χ0n) is 7.30. The summed E-state index contributed by atoms with van der Waals surface area (Å²) in [5.41, 5.74) is 0.361. The van der Waals surface area contributed by atoms with E-state index in [-0.39, 0.29) is 10.8 Å². The summed E-state index contributed by atoms with van der Waals surface area (Å²) in [6.07, 6.45) is 4.00. The van der Waals surface area contributed by atoms with Crippen LogP contribution in [0, 0.1) is 5.82 Å². The lowest BCUT2D eigenvalue weighted by Gasteiger charge is -2.01. The molecule has 0 aliphatic heterocycles. The van der Waals surface area contributed by atoms with Crippen LogP contribution >= 0.6 is 23.2 Å². The van der Waals surface area contributed by atoms with Gasteiger partial charge in [-0.1, -0.05) is 23.8 Å². The molecule has 0 aliphatic rings. The topological polar surface area (TPSA) is 20.2 Å². The Hall–Kier alpha value is -0.730. The van der Waals surface area contributed by atoms with Crippen molar-refractivity contribution in [3.05, 3.63) is 34.6 Å². The fourth-order valence-electron chi connectivity index (χ4n) is 0.986. The van der Waals surface area contributed by atoms with E-state index in [4.69, 9.17) is 23.2 Å². The molecule has 0 saturated heterocycles. The van der Waals surface area contributed by atoms with Crippen molar-refractivity contribution < 1.29 is 9.50 Å². The maximum absolute atomic E-state index is 13.0. The van der Waals surface area contributed by atoms with Crippen LogP contribution in [-0.2, 0) is 0 Å². The molecule has 76 valence electrons. The lowest BCUT2D eigenvalue weighted by molar-refractivity contribution is 0.431. The molecule has 14 heavy (non-hydrogen) atoms. The van der Waals surface area contributed by atoms with Crippen LogP contribution in [0.15, 0.2) is 18.2 Å². The first kappa shape index (κ1) is 11.3. The molecule has 0 fully saturated rings. The van der Waals surface area contributed by atoms with Crippen molar-refractivity contribution in [1.29, 1.82) is 0 Å². The molecular weight excluding hydrogens is 226 g/mol. The Balaban J connectivity index is 2.96. The molecule has 0 saturated carbocycles. The first-order valence-electron chi connectivity index (χ1n) is 4.05. The Morgan fingerprint density at radius 2 is 2.14 bits per heavy atom. The van der Waals surface area contributed by atoms with Crippen molar-refractivity contribution in [3.63, 3.8) is 0 Å². The number of rotatable bonds is 3. The number of benzene rings is 1. The van der Waals surface area contributed by atoms with Crippen LogP contribution in [0.2, 0.25) is 5.02 Å². The second-order valence-corrected chi connectivity index (χ2v) is 3.52. The van der Waals surface area contributed by atoms with Gasteiger partial charge in [0, 0.05) is 16.5 Å². The van der Waals surface area contributed by atoms with Gasteiger partial charge in [0.2, 0.25) is 0 Å². The largest absolute Gasteiger partial charge is 0.504 e. The van der Waals surface area contributed by atoms with Crippen molar-refractivity contribution in [2.45, 2.75) is 6.42 Å². The van der Waals surface area contributed by atoms with Gasteiger partial charge in [-0.3, -0.25) is 0 Å². The van der Waals surface area contributed by atoms with Crippen LogP contribution in [-0.4, -0.2) is 11.0 Å². The van der Waals surface area contributed by atoms with Gasteiger partial charge in [-0.05, 0) is 18.6 Å². The zero-order valence-corrected chi connectivity index (χ0v) is 8.82. The SMILES string of the molecule is Oc1c(F)cc(Cl)cc1C=CCCCl. The summed E-state index contributed by atoms with van der Waals surface area (Å²) >= 11 is 11.1. The van der Waals surface area contributed by atoms with Gasteiger partial charge in [-0.15, -0.1) is 11.6 Å². The Bertz CT molecular complexity index is 350. The highest BCUT2D eigenvalue weighted by Crippen LogP contribution is 2.26. The fraction of sp³-hybridized carbons (Fsp3) is 0.200. The molecule has 0 aromatic heterocycles. The lowest BCUT2D eigenvalue weighted by atomic mass is 10.1. The molecule has 0 spiro atoms. The molecule has 0 atom stereocenters. The van der Waals surface area contributed by atoms with Crippen LogP contribution < -0.4 is 0 Å². The molecule has 0 bridgehead atoms. The van der Waals surface area contributed by atoms with E-state index in [9.17, 15) is 9.50 Å². The first-order chi connectivity index (χ1) is 6.65. The van der Waals surface area contributed by atoms with E-state index < -0.39 is 5.82 Å². The quantitative estimate of drug-likeness (QED) is 0.789. The summed E-state index contributed by atoms with van der Waals surface area (Å²) in [4.78, 5) is 0. The summed E-state index contributed by atoms with van der Waals surface area (Å²) in [7, 11) is 0. The number of alkyl halides is 1. The molecule has 4 heteroatoms. The summed E-state index contributed by atoms with van der Waals surface area (Å²) in [5.74, 6) is -0.622. The smallest absolute Gasteiger partial charge is 0.166 e. The Morgan fingerprint density at radius 3 is 2.79 bits per heavy atom. The minimum absolute atomic E-state index is 0.255. The van der Waals surface area contributed by atoms with E-state index in [0.717, 1.165) is 6.07 Å². The van der Waals surface area contributed by atoms with Crippen molar-refractivity contribution in [3.8, 4) is 5.75 Å². The monoisotopic (exact) mass is 234 g/mol. The maximum Gasteiger partial charge on any atom is 0.166 e. The number of phenolic OH excluding ortho intramolecular Hbond substituents is 1. The highest BCUT2D eigenvalue weighted by molar-refractivity contribution is 6.30. The average Bonchev–Trinajstić information content (AvgIpc) is 2.13. The molecule has 0 unspecified atom stereocenters. The molecule has 0 amide bonds. The Labute approximate surface area is 91.8 Å². The molecule has 1 aromatic rings. The third kappa shape index (κ3) is 2.89. The fourth-order valence-corrected chi connectivity index (χ4v) is 1.33. The Morgan fingerprint density at radius 1 is 1.43 bits per heavy atom. The van der Waals surface area contributed by atoms with Crippen molar-refractivity contribution in [1.82, 2.24) is 0 Å². The van der Waals surface area contributed by atoms with Gasteiger partial charge in [0.1, 0.15) is 0 Å². The third-order valence-electron chi connectivity index (χ3n) is 1.63. The maximum atomic E-state index is 13.0. The number of aromatic hydroxyl groups is 1. The molecule has 1 N–H and O–H groups in total. The minimum Gasteiger partial charge on any atom is -0.504 e. The minimum atomic E-state index is -0.719. The molecule has 1 rings (SSSR count). The van der Waals surface area contributed by atoms with E-state index in [1.807, 2.05) is 0 Å². The predicted octanol–water partition coefficient (Wildman–Crippen LogP) is 3.83. The number of hydrogen-bond donors (Lipinski definition) is 1. The van der Waals surface area contributed by atoms with Crippen LogP contribution in [0.25, 0.3) is 6.08 Å². The highest BCUT2D eigenvalue weighted by atomic mass is 35.5. The van der Waals surface area contributed by atoms with Crippen LogP contribution in [0.5, 0.6) is 5.75 Å². The molecule has 1 aromatic carbocycles. The van der Waals surface area contributed by atoms with Gasteiger partial charge in [-0.2, -0.15) is 0 Å². The Kier molecular flexibility index (Phi) is 4.23. The molecule has 1 nitrogen and oxygen atoms in total. The first-order valence-corrected chi connectivity index (χ1v) is 4.97. The molecule has 0 aliphatic carbocycles. The van der Waals surface area contributed by atoms with Crippen LogP contribution in [0.4, 0.5) is 4.39 Å². The number of hydrogen-bond acceptors (Lipinski definition) is 1. The summed E-state index contributed by atoms with van der Waals surface area (Å²) < 4.78 is 13.0. The van der Waals surface area contributed by atoms with Crippen molar-refractivity contribution in [2.24, 2.45) is 0 Å². The standard InChI is InChI=1S/C10H9Cl2FO/c11-4-2-1-3-7-5-8(12)6-9(13)10(7)14/h1,3,5-6,14H,2,4H2. The van der Waals surface area contributed by atoms with Gasteiger partial charge >= 0.3 is 0 Å². The summed E-state index contributed by atoms with van der Waals surface area (Å²) in [6.45, 7) is 0. The average molecular weight is 235 g/mol. The second kappa shape index (κ2) is 5.23. The summed E-state index contributed by atoms with van der Waals surface area (Å²) in [5, 5.41) is 9.56.